The summed E-state index contributed by atoms with van der Waals surface area (Å²) in [6.07, 6.45) is 1.07. The lowest BCUT2D eigenvalue weighted by Crippen LogP contribution is -2.15. The van der Waals surface area contributed by atoms with Crippen LogP contribution in [0.2, 0.25) is 0 Å². The fraction of sp³-hybridized carbons (Fsp3) is 0.467. The molecule has 1 aromatic heterocycles. The number of fused-ring (bicyclic) bond motifs is 1. The van der Waals surface area contributed by atoms with Gasteiger partial charge in [0.1, 0.15) is 0 Å². The van der Waals surface area contributed by atoms with Crippen molar-refractivity contribution in [2.75, 3.05) is 5.75 Å². The number of aliphatic carboxylic acids is 1. The first kappa shape index (κ1) is 16.4. The van der Waals surface area contributed by atoms with Crippen LogP contribution in [0.1, 0.15) is 33.2 Å². The van der Waals surface area contributed by atoms with Crippen molar-refractivity contribution in [3.8, 4) is 0 Å². The largest absolute Gasteiger partial charge is 0.481 e. The Labute approximate surface area is 137 Å². The molecule has 0 spiro atoms. The maximum Gasteiger partial charge on any atom is 0.313 e. The minimum Gasteiger partial charge on any atom is -0.481 e. The first-order valence-electron chi connectivity index (χ1n) is 6.96. The second-order valence-corrected chi connectivity index (χ2v) is 7.06. The van der Waals surface area contributed by atoms with Crippen molar-refractivity contribution in [2.45, 2.75) is 38.4 Å². The standard InChI is InChI=1S/C15H19BrN2O2S/c1-4-9(2)10(3)18-13-6-5-11(16)7-12(13)17-15(18)21-8-14(19)20/h5-7,9-10H,4,8H2,1-3H3,(H,19,20). The molecule has 0 bridgehead atoms. The molecule has 2 aromatic rings. The van der Waals surface area contributed by atoms with Crippen LogP contribution in [0.4, 0.5) is 0 Å². The number of thioether (sulfide) groups is 1. The number of hydrogen-bond donors (Lipinski definition) is 1. The predicted molar refractivity (Wildman–Crippen MR) is 90.0 cm³/mol. The first-order chi connectivity index (χ1) is 9.93. The Hall–Kier alpha value is -1.01. The molecule has 0 aliphatic rings. The molecule has 0 saturated heterocycles. The van der Waals surface area contributed by atoms with Crippen LogP contribution in [-0.4, -0.2) is 26.4 Å². The summed E-state index contributed by atoms with van der Waals surface area (Å²) in [5, 5.41) is 9.69. The van der Waals surface area contributed by atoms with E-state index >= 15 is 0 Å². The molecule has 0 saturated carbocycles. The van der Waals surface area contributed by atoms with Crippen LogP contribution in [-0.2, 0) is 4.79 Å². The van der Waals surface area contributed by atoms with Gasteiger partial charge in [-0.2, -0.15) is 0 Å². The Morgan fingerprint density at radius 2 is 2.19 bits per heavy atom. The quantitative estimate of drug-likeness (QED) is 0.755. The number of imidazole rings is 1. The van der Waals surface area contributed by atoms with E-state index < -0.39 is 5.97 Å². The number of carboxylic acid groups (broad SMARTS) is 1. The van der Waals surface area contributed by atoms with E-state index in [4.69, 9.17) is 5.11 Å². The highest BCUT2D eigenvalue weighted by Gasteiger charge is 2.20. The van der Waals surface area contributed by atoms with Crippen molar-refractivity contribution < 1.29 is 9.90 Å². The number of halogens is 1. The van der Waals surface area contributed by atoms with E-state index in [0.717, 1.165) is 27.1 Å². The molecular formula is C15H19BrN2O2S. The fourth-order valence-corrected chi connectivity index (χ4v) is 3.44. The number of carboxylic acids is 1. The predicted octanol–water partition coefficient (Wildman–Crippen LogP) is 4.58. The van der Waals surface area contributed by atoms with Gasteiger partial charge < -0.3 is 9.67 Å². The summed E-state index contributed by atoms with van der Waals surface area (Å²) in [4.78, 5) is 15.5. The van der Waals surface area contributed by atoms with E-state index in [1.165, 1.54) is 11.8 Å². The lowest BCUT2D eigenvalue weighted by molar-refractivity contribution is -0.133. The van der Waals surface area contributed by atoms with Gasteiger partial charge in [0, 0.05) is 10.5 Å². The van der Waals surface area contributed by atoms with Gasteiger partial charge in [-0.15, -0.1) is 0 Å². The van der Waals surface area contributed by atoms with Crippen LogP contribution in [0.3, 0.4) is 0 Å². The van der Waals surface area contributed by atoms with Crippen LogP contribution in [0.25, 0.3) is 11.0 Å². The lowest BCUT2D eigenvalue weighted by Gasteiger charge is -2.22. The first-order valence-corrected chi connectivity index (χ1v) is 8.74. The molecule has 4 nitrogen and oxygen atoms in total. The van der Waals surface area contributed by atoms with E-state index in [1.807, 2.05) is 18.2 Å². The Kier molecular flexibility index (Phi) is 5.32. The Balaban J connectivity index is 2.51. The summed E-state index contributed by atoms with van der Waals surface area (Å²) >= 11 is 4.74. The molecule has 0 amide bonds. The molecule has 1 N–H and O–H groups in total. The van der Waals surface area contributed by atoms with Crippen molar-refractivity contribution >= 4 is 44.7 Å². The smallest absolute Gasteiger partial charge is 0.313 e. The average molecular weight is 371 g/mol. The Morgan fingerprint density at radius 3 is 2.81 bits per heavy atom. The summed E-state index contributed by atoms with van der Waals surface area (Å²) in [6.45, 7) is 6.55. The fourth-order valence-electron chi connectivity index (χ4n) is 2.27. The molecular weight excluding hydrogens is 352 g/mol. The zero-order valence-corrected chi connectivity index (χ0v) is 14.7. The normalized spacial score (nSPS) is 14.3. The second kappa shape index (κ2) is 6.83. The summed E-state index contributed by atoms with van der Waals surface area (Å²) in [6, 6.07) is 6.28. The van der Waals surface area contributed by atoms with Gasteiger partial charge in [-0.3, -0.25) is 4.79 Å². The summed E-state index contributed by atoms with van der Waals surface area (Å²) in [7, 11) is 0. The topological polar surface area (TPSA) is 55.1 Å². The van der Waals surface area contributed by atoms with E-state index in [0.29, 0.717) is 5.92 Å². The number of rotatable bonds is 6. The van der Waals surface area contributed by atoms with E-state index in [9.17, 15) is 4.79 Å². The van der Waals surface area contributed by atoms with E-state index in [-0.39, 0.29) is 11.8 Å². The number of hydrogen-bond acceptors (Lipinski definition) is 3. The highest BCUT2D eigenvalue weighted by Crippen LogP contribution is 2.33. The molecule has 0 fully saturated rings. The zero-order valence-electron chi connectivity index (χ0n) is 12.3. The van der Waals surface area contributed by atoms with Gasteiger partial charge in [0.05, 0.1) is 16.8 Å². The molecule has 0 aliphatic heterocycles. The van der Waals surface area contributed by atoms with Crippen LogP contribution >= 0.6 is 27.7 Å². The van der Waals surface area contributed by atoms with Crippen LogP contribution in [0.15, 0.2) is 27.8 Å². The molecule has 114 valence electrons. The van der Waals surface area contributed by atoms with E-state index in [1.54, 1.807) is 0 Å². The third-order valence-corrected chi connectivity index (χ3v) is 5.25. The van der Waals surface area contributed by atoms with Gasteiger partial charge in [0.25, 0.3) is 0 Å². The minimum atomic E-state index is -0.823. The van der Waals surface area contributed by atoms with Crippen molar-refractivity contribution in [2.24, 2.45) is 5.92 Å². The Morgan fingerprint density at radius 1 is 1.48 bits per heavy atom. The SMILES string of the molecule is CCC(C)C(C)n1c(SCC(=O)O)nc2cc(Br)ccc21. The molecule has 21 heavy (non-hydrogen) atoms. The molecule has 0 aliphatic carbocycles. The monoisotopic (exact) mass is 370 g/mol. The maximum absolute atomic E-state index is 10.8. The summed E-state index contributed by atoms with van der Waals surface area (Å²) in [5.74, 6) is -0.302. The average Bonchev–Trinajstić information content (AvgIpc) is 2.80. The molecule has 1 aromatic carbocycles. The lowest BCUT2D eigenvalue weighted by atomic mass is 10.0. The van der Waals surface area contributed by atoms with Crippen molar-refractivity contribution in [3.63, 3.8) is 0 Å². The van der Waals surface area contributed by atoms with Gasteiger partial charge in [0.2, 0.25) is 0 Å². The van der Waals surface area contributed by atoms with E-state index in [2.05, 4.69) is 46.3 Å². The second-order valence-electron chi connectivity index (χ2n) is 5.21. The maximum atomic E-state index is 10.8. The molecule has 0 radical (unpaired) electrons. The molecule has 2 rings (SSSR count). The molecule has 2 unspecified atom stereocenters. The summed E-state index contributed by atoms with van der Waals surface area (Å²) < 4.78 is 3.15. The molecule has 2 atom stereocenters. The zero-order chi connectivity index (χ0) is 15.6. The van der Waals surface area contributed by atoms with Gasteiger partial charge in [-0.25, -0.2) is 4.98 Å². The molecule has 1 heterocycles. The van der Waals surface area contributed by atoms with Gasteiger partial charge in [-0.05, 0) is 31.0 Å². The molecule has 6 heteroatoms. The van der Waals surface area contributed by atoms with Crippen LogP contribution in [0.5, 0.6) is 0 Å². The summed E-state index contributed by atoms with van der Waals surface area (Å²) in [5.41, 5.74) is 1.95. The van der Waals surface area contributed by atoms with Crippen molar-refractivity contribution in [1.82, 2.24) is 9.55 Å². The number of aromatic nitrogens is 2. The highest BCUT2D eigenvalue weighted by molar-refractivity contribution is 9.10. The third kappa shape index (κ3) is 3.61. The van der Waals surface area contributed by atoms with Gasteiger partial charge >= 0.3 is 5.97 Å². The highest BCUT2D eigenvalue weighted by atomic mass is 79.9. The Bertz CT molecular complexity index is 656. The van der Waals surface area contributed by atoms with Crippen molar-refractivity contribution in [3.05, 3.63) is 22.7 Å². The number of carbonyl (C=O) groups is 1. The van der Waals surface area contributed by atoms with Gasteiger partial charge in [0.15, 0.2) is 5.16 Å². The van der Waals surface area contributed by atoms with Crippen molar-refractivity contribution in [1.29, 1.82) is 0 Å². The van der Waals surface area contributed by atoms with Crippen LogP contribution < -0.4 is 0 Å². The number of nitrogens with zero attached hydrogens (tertiary/aromatic N) is 2. The van der Waals surface area contributed by atoms with Gasteiger partial charge in [-0.1, -0.05) is 48.0 Å². The third-order valence-electron chi connectivity index (χ3n) is 3.82. The number of benzene rings is 1. The van der Waals surface area contributed by atoms with Crippen LogP contribution in [0, 0.1) is 5.92 Å². The minimum absolute atomic E-state index is 0.0255.